The summed E-state index contributed by atoms with van der Waals surface area (Å²) in [6.07, 6.45) is 4.09. The third-order valence-corrected chi connectivity index (χ3v) is 5.45. The first kappa shape index (κ1) is 10.5. The van der Waals surface area contributed by atoms with Crippen LogP contribution in [0.1, 0.15) is 47.0 Å². The summed E-state index contributed by atoms with van der Waals surface area (Å²) in [7, 11) is 0. The van der Waals surface area contributed by atoms with Crippen molar-refractivity contribution in [2.24, 2.45) is 28.6 Å². The number of aliphatic hydroxyl groups is 1. The first-order chi connectivity index (χ1) is 6.46. The smallest absolute Gasteiger partial charge is 0.0470 e. The van der Waals surface area contributed by atoms with E-state index >= 15 is 0 Å². The molecule has 0 amide bonds. The van der Waals surface area contributed by atoms with Gasteiger partial charge in [-0.25, -0.2) is 0 Å². The van der Waals surface area contributed by atoms with Crippen molar-refractivity contribution in [3.05, 3.63) is 0 Å². The van der Waals surface area contributed by atoms with Crippen LogP contribution in [0.5, 0.6) is 0 Å². The molecule has 82 valence electrons. The van der Waals surface area contributed by atoms with Crippen molar-refractivity contribution in [2.45, 2.75) is 47.0 Å². The quantitative estimate of drug-likeness (QED) is 0.683. The van der Waals surface area contributed by atoms with Crippen LogP contribution in [0.4, 0.5) is 0 Å². The molecule has 0 aromatic carbocycles. The molecule has 2 aliphatic carbocycles. The molecule has 2 rings (SSSR count). The number of rotatable bonds is 1. The highest BCUT2D eigenvalue weighted by molar-refractivity contribution is 5.19. The number of hydrogen-bond donors (Lipinski definition) is 1. The zero-order chi connectivity index (χ0) is 10.6. The van der Waals surface area contributed by atoms with Crippen molar-refractivity contribution in [1.82, 2.24) is 0 Å². The van der Waals surface area contributed by atoms with E-state index < -0.39 is 0 Å². The molecule has 14 heavy (non-hydrogen) atoms. The summed E-state index contributed by atoms with van der Waals surface area (Å²) in [4.78, 5) is 0. The van der Waals surface area contributed by atoms with E-state index in [9.17, 15) is 5.11 Å². The van der Waals surface area contributed by atoms with Gasteiger partial charge in [0.05, 0.1) is 0 Å². The standard InChI is InChI=1S/C13H24O/c1-9-5-6-10(2)13(7-9)11(8-14)12(13,3)4/h9-11,14H,5-8H2,1-4H3. The van der Waals surface area contributed by atoms with Crippen LogP contribution in [-0.4, -0.2) is 11.7 Å². The van der Waals surface area contributed by atoms with Crippen LogP contribution in [0.2, 0.25) is 0 Å². The molecular formula is C13H24O. The first-order valence-corrected chi connectivity index (χ1v) is 6.07. The summed E-state index contributed by atoms with van der Waals surface area (Å²) >= 11 is 0. The summed E-state index contributed by atoms with van der Waals surface area (Å²) in [5, 5.41) is 9.46. The molecule has 4 atom stereocenters. The van der Waals surface area contributed by atoms with E-state index in [0.717, 1.165) is 11.8 Å². The average Bonchev–Trinajstić information content (AvgIpc) is 2.57. The van der Waals surface area contributed by atoms with E-state index in [1.165, 1.54) is 19.3 Å². The minimum Gasteiger partial charge on any atom is -0.396 e. The molecule has 0 aliphatic heterocycles. The highest BCUT2D eigenvalue weighted by Gasteiger charge is 2.72. The Morgan fingerprint density at radius 2 is 1.86 bits per heavy atom. The van der Waals surface area contributed by atoms with E-state index in [1.807, 2.05) is 0 Å². The van der Waals surface area contributed by atoms with E-state index in [4.69, 9.17) is 0 Å². The molecular weight excluding hydrogens is 172 g/mol. The molecule has 0 heterocycles. The topological polar surface area (TPSA) is 20.2 Å². The van der Waals surface area contributed by atoms with Crippen molar-refractivity contribution in [1.29, 1.82) is 0 Å². The minimum absolute atomic E-state index is 0.385. The van der Waals surface area contributed by atoms with Crippen molar-refractivity contribution < 1.29 is 5.11 Å². The van der Waals surface area contributed by atoms with Crippen molar-refractivity contribution in [3.8, 4) is 0 Å². The summed E-state index contributed by atoms with van der Waals surface area (Å²) in [5.41, 5.74) is 0.856. The molecule has 1 nitrogen and oxygen atoms in total. The first-order valence-electron chi connectivity index (χ1n) is 6.07. The van der Waals surface area contributed by atoms with Gasteiger partial charge >= 0.3 is 0 Å². The Morgan fingerprint density at radius 1 is 1.21 bits per heavy atom. The Kier molecular flexibility index (Phi) is 2.23. The SMILES string of the molecule is CC1CCC(C)C2(C1)C(CO)C2(C)C. The van der Waals surface area contributed by atoms with Gasteiger partial charge in [0.1, 0.15) is 0 Å². The predicted molar refractivity (Wildman–Crippen MR) is 59.0 cm³/mol. The molecule has 2 fully saturated rings. The zero-order valence-corrected chi connectivity index (χ0v) is 10.0. The predicted octanol–water partition coefficient (Wildman–Crippen LogP) is 3.08. The molecule has 0 saturated heterocycles. The number of aliphatic hydroxyl groups excluding tert-OH is 1. The Labute approximate surface area is 87.9 Å². The van der Waals surface area contributed by atoms with Gasteiger partial charge in [0, 0.05) is 6.61 Å². The maximum atomic E-state index is 9.46. The monoisotopic (exact) mass is 196 g/mol. The fraction of sp³-hybridized carbons (Fsp3) is 1.00. The molecule has 1 N–H and O–H groups in total. The molecule has 0 bridgehead atoms. The van der Waals surface area contributed by atoms with E-state index in [-0.39, 0.29) is 0 Å². The van der Waals surface area contributed by atoms with Crippen molar-refractivity contribution in [3.63, 3.8) is 0 Å². The Morgan fingerprint density at radius 3 is 2.36 bits per heavy atom. The van der Waals surface area contributed by atoms with Crippen LogP contribution in [0.25, 0.3) is 0 Å². The molecule has 2 aliphatic rings. The normalized spacial score (nSPS) is 50.8. The second-order valence-electron chi connectivity index (χ2n) is 6.28. The van der Waals surface area contributed by atoms with Crippen LogP contribution < -0.4 is 0 Å². The van der Waals surface area contributed by atoms with Gasteiger partial charge in [0.2, 0.25) is 0 Å². The lowest BCUT2D eigenvalue weighted by Crippen LogP contribution is -2.28. The molecule has 0 aromatic heterocycles. The highest BCUT2D eigenvalue weighted by Crippen LogP contribution is 2.76. The van der Waals surface area contributed by atoms with Gasteiger partial charge in [-0.15, -0.1) is 0 Å². The lowest BCUT2D eigenvalue weighted by atomic mass is 9.69. The van der Waals surface area contributed by atoms with Crippen LogP contribution in [0.3, 0.4) is 0 Å². The fourth-order valence-corrected chi connectivity index (χ4v) is 4.45. The third-order valence-electron chi connectivity index (χ3n) is 5.45. The van der Waals surface area contributed by atoms with Crippen LogP contribution in [0.15, 0.2) is 0 Å². The maximum absolute atomic E-state index is 9.46. The van der Waals surface area contributed by atoms with Crippen molar-refractivity contribution >= 4 is 0 Å². The maximum Gasteiger partial charge on any atom is 0.0470 e. The molecule has 1 heteroatoms. The molecule has 1 spiro atoms. The lowest BCUT2D eigenvalue weighted by molar-refractivity contribution is 0.124. The molecule has 2 saturated carbocycles. The van der Waals surface area contributed by atoms with E-state index in [0.29, 0.717) is 23.4 Å². The molecule has 0 aromatic rings. The van der Waals surface area contributed by atoms with Crippen LogP contribution >= 0.6 is 0 Å². The Hall–Kier alpha value is -0.0400. The van der Waals surface area contributed by atoms with Gasteiger partial charge in [-0.05, 0) is 41.4 Å². The third kappa shape index (κ3) is 1.05. The molecule has 0 radical (unpaired) electrons. The summed E-state index contributed by atoms with van der Waals surface area (Å²) in [6, 6.07) is 0. The van der Waals surface area contributed by atoms with E-state index in [1.54, 1.807) is 0 Å². The summed E-state index contributed by atoms with van der Waals surface area (Å²) in [6.45, 7) is 9.86. The summed E-state index contributed by atoms with van der Waals surface area (Å²) in [5.74, 6) is 2.24. The number of hydrogen-bond acceptors (Lipinski definition) is 1. The van der Waals surface area contributed by atoms with E-state index in [2.05, 4.69) is 27.7 Å². The van der Waals surface area contributed by atoms with Gasteiger partial charge in [0.15, 0.2) is 0 Å². The van der Waals surface area contributed by atoms with Gasteiger partial charge in [0.25, 0.3) is 0 Å². The average molecular weight is 196 g/mol. The second kappa shape index (κ2) is 2.98. The van der Waals surface area contributed by atoms with Crippen LogP contribution in [0, 0.1) is 28.6 Å². The van der Waals surface area contributed by atoms with Gasteiger partial charge in [-0.2, -0.15) is 0 Å². The van der Waals surface area contributed by atoms with Gasteiger partial charge in [-0.1, -0.05) is 34.1 Å². The van der Waals surface area contributed by atoms with Crippen molar-refractivity contribution in [2.75, 3.05) is 6.61 Å². The van der Waals surface area contributed by atoms with Crippen LogP contribution in [-0.2, 0) is 0 Å². The molecule has 4 unspecified atom stereocenters. The minimum atomic E-state index is 0.385. The second-order valence-corrected chi connectivity index (χ2v) is 6.28. The van der Waals surface area contributed by atoms with Gasteiger partial charge in [-0.3, -0.25) is 0 Å². The Bertz CT molecular complexity index is 233. The summed E-state index contributed by atoms with van der Waals surface area (Å²) < 4.78 is 0. The van der Waals surface area contributed by atoms with Gasteiger partial charge < -0.3 is 5.11 Å². The highest BCUT2D eigenvalue weighted by atomic mass is 16.3. The fourth-order valence-electron chi connectivity index (χ4n) is 4.45. The zero-order valence-electron chi connectivity index (χ0n) is 10.0. The largest absolute Gasteiger partial charge is 0.396 e. The Balaban J connectivity index is 2.23. The lowest BCUT2D eigenvalue weighted by Gasteiger charge is -2.36.